The van der Waals surface area contributed by atoms with Crippen LogP contribution in [0.1, 0.15) is 40.1 Å². The van der Waals surface area contributed by atoms with E-state index in [1.807, 2.05) is 12.4 Å². The third kappa shape index (κ3) is 5.65. The smallest absolute Gasteiger partial charge is 0.183 e. The van der Waals surface area contributed by atoms with Crippen molar-refractivity contribution in [2.45, 2.75) is 46.2 Å². The van der Waals surface area contributed by atoms with Crippen LogP contribution in [-0.4, -0.2) is 15.0 Å². The molecule has 0 bridgehead atoms. The summed E-state index contributed by atoms with van der Waals surface area (Å²) in [4.78, 5) is 16.1. The summed E-state index contributed by atoms with van der Waals surface area (Å²) < 4.78 is 0. The van der Waals surface area contributed by atoms with E-state index in [4.69, 9.17) is 4.98 Å². The molecule has 0 atom stereocenters. The molecule has 0 spiro atoms. The van der Waals surface area contributed by atoms with Gasteiger partial charge in [-0.2, -0.15) is 0 Å². The van der Waals surface area contributed by atoms with Gasteiger partial charge in [0.1, 0.15) is 0 Å². The van der Waals surface area contributed by atoms with Crippen LogP contribution in [0.3, 0.4) is 0 Å². The number of aromatic nitrogens is 3. The lowest BCUT2D eigenvalue weighted by molar-refractivity contribution is 0.790. The second-order valence-corrected chi connectivity index (χ2v) is 10.2. The summed E-state index contributed by atoms with van der Waals surface area (Å²) in [5.74, 6) is 0. The van der Waals surface area contributed by atoms with E-state index in [9.17, 15) is 0 Å². The van der Waals surface area contributed by atoms with Crippen LogP contribution in [-0.2, 0) is 19.5 Å². The van der Waals surface area contributed by atoms with Gasteiger partial charge >= 0.3 is 0 Å². The average Bonchev–Trinajstić information content (AvgIpc) is 3.50. The van der Waals surface area contributed by atoms with E-state index < -0.39 is 0 Å². The molecule has 8 heteroatoms. The molecule has 0 aliphatic rings. The van der Waals surface area contributed by atoms with Gasteiger partial charge in [0, 0.05) is 33.1 Å². The minimum atomic E-state index is 0.724. The monoisotopic (exact) mass is 455 g/mol. The van der Waals surface area contributed by atoms with Crippen molar-refractivity contribution in [3.8, 4) is 11.3 Å². The van der Waals surface area contributed by atoms with Gasteiger partial charge in [0.05, 0.1) is 23.8 Å². The maximum atomic E-state index is 4.70. The highest BCUT2D eigenvalue weighted by molar-refractivity contribution is 7.15. The second kappa shape index (κ2) is 10.1. The fourth-order valence-corrected chi connectivity index (χ4v) is 5.25. The number of aryl methyl sites for hydroxylation is 2. The number of thiazole rings is 3. The number of rotatable bonds is 10. The molecule has 0 unspecified atom stereocenters. The normalized spacial score (nSPS) is 11.0. The molecule has 30 heavy (non-hydrogen) atoms. The van der Waals surface area contributed by atoms with Gasteiger partial charge < -0.3 is 10.6 Å². The lowest BCUT2D eigenvalue weighted by Gasteiger charge is -2.00. The van der Waals surface area contributed by atoms with Gasteiger partial charge in [0.15, 0.2) is 10.3 Å². The van der Waals surface area contributed by atoms with Crippen LogP contribution >= 0.6 is 34.0 Å². The first-order valence-electron chi connectivity index (χ1n) is 10.1. The Hall–Kier alpha value is -2.29. The van der Waals surface area contributed by atoms with Gasteiger partial charge in [-0.15, -0.1) is 34.0 Å². The van der Waals surface area contributed by atoms with Crippen molar-refractivity contribution >= 4 is 44.3 Å². The molecule has 156 valence electrons. The van der Waals surface area contributed by atoms with Gasteiger partial charge in [-0.25, -0.2) is 15.0 Å². The summed E-state index contributed by atoms with van der Waals surface area (Å²) in [6.07, 6.45) is 7.39. The van der Waals surface area contributed by atoms with E-state index in [1.165, 1.54) is 33.2 Å². The SMILES string of the molecule is CCCCc1ncc(CNc2ncc(CNc3nc(-c4ccc(C)cc4)cs3)s2)s1. The summed E-state index contributed by atoms with van der Waals surface area (Å²) in [5, 5.41) is 12.0. The highest BCUT2D eigenvalue weighted by Crippen LogP contribution is 2.27. The molecule has 4 aromatic rings. The highest BCUT2D eigenvalue weighted by Gasteiger charge is 2.07. The number of unbranched alkanes of at least 4 members (excludes halogenated alkanes) is 1. The molecule has 0 fully saturated rings. The Morgan fingerprint density at radius 1 is 0.900 bits per heavy atom. The summed E-state index contributed by atoms with van der Waals surface area (Å²) >= 11 is 5.10. The predicted molar refractivity (Wildman–Crippen MR) is 130 cm³/mol. The molecular weight excluding hydrogens is 430 g/mol. The topological polar surface area (TPSA) is 62.7 Å². The average molecular weight is 456 g/mol. The van der Waals surface area contributed by atoms with Crippen LogP contribution in [0.15, 0.2) is 42.0 Å². The Morgan fingerprint density at radius 2 is 1.63 bits per heavy atom. The van der Waals surface area contributed by atoms with Crippen molar-refractivity contribution in [3.05, 3.63) is 62.4 Å². The van der Waals surface area contributed by atoms with Gasteiger partial charge in [-0.1, -0.05) is 43.2 Å². The van der Waals surface area contributed by atoms with E-state index in [0.717, 1.165) is 41.0 Å². The lowest BCUT2D eigenvalue weighted by atomic mass is 10.1. The number of hydrogen-bond donors (Lipinski definition) is 2. The van der Waals surface area contributed by atoms with E-state index in [1.54, 1.807) is 34.0 Å². The first-order chi connectivity index (χ1) is 14.7. The van der Waals surface area contributed by atoms with E-state index in [0.29, 0.717) is 0 Å². The molecule has 0 aliphatic heterocycles. The van der Waals surface area contributed by atoms with Gasteiger partial charge in [-0.05, 0) is 19.8 Å². The highest BCUT2D eigenvalue weighted by atomic mass is 32.1. The molecule has 4 rings (SSSR count). The van der Waals surface area contributed by atoms with Crippen molar-refractivity contribution in [1.82, 2.24) is 15.0 Å². The first kappa shape index (κ1) is 21.0. The van der Waals surface area contributed by atoms with E-state index >= 15 is 0 Å². The number of nitrogens with zero attached hydrogens (tertiary/aromatic N) is 3. The molecule has 2 N–H and O–H groups in total. The number of nitrogens with one attached hydrogen (secondary N) is 2. The van der Waals surface area contributed by atoms with Gasteiger partial charge in [0.25, 0.3) is 0 Å². The molecule has 5 nitrogen and oxygen atoms in total. The van der Waals surface area contributed by atoms with Crippen molar-refractivity contribution in [1.29, 1.82) is 0 Å². The fraction of sp³-hybridized carbons (Fsp3) is 0.318. The summed E-state index contributed by atoms with van der Waals surface area (Å²) in [6.45, 7) is 5.80. The van der Waals surface area contributed by atoms with Crippen LogP contribution in [0.25, 0.3) is 11.3 Å². The Bertz CT molecular complexity index is 1060. The molecule has 0 saturated carbocycles. The summed E-state index contributed by atoms with van der Waals surface area (Å²) in [6, 6.07) is 8.47. The number of benzene rings is 1. The zero-order valence-electron chi connectivity index (χ0n) is 17.1. The standard InChI is InChI=1S/C22H25N5S3/c1-3-4-5-20-23-10-17(29-20)11-24-21-25-12-18(30-21)13-26-22-27-19(14-28-22)16-8-6-15(2)7-9-16/h6-10,12,14H,3-5,11,13H2,1-2H3,(H,24,25)(H,26,27). The second-order valence-electron chi connectivity index (χ2n) is 7.07. The van der Waals surface area contributed by atoms with E-state index in [-0.39, 0.29) is 0 Å². The van der Waals surface area contributed by atoms with Gasteiger partial charge in [0.2, 0.25) is 0 Å². The molecule has 3 heterocycles. The van der Waals surface area contributed by atoms with Crippen molar-refractivity contribution in [2.24, 2.45) is 0 Å². The predicted octanol–water partition coefficient (Wildman–Crippen LogP) is 6.60. The maximum absolute atomic E-state index is 4.70. The largest absolute Gasteiger partial charge is 0.357 e. The van der Waals surface area contributed by atoms with E-state index in [2.05, 4.69) is 64.1 Å². The number of anilines is 2. The van der Waals surface area contributed by atoms with Gasteiger partial charge in [-0.3, -0.25) is 0 Å². The molecular formula is C22H25N5S3. The molecule has 0 aliphatic carbocycles. The van der Waals surface area contributed by atoms with Crippen LogP contribution < -0.4 is 10.6 Å². The minimum absolute atomic E-state index is 0.724. The van der Waals surface area contributed by atoms with Crippen LogP contribution in [0.5, 0.6) is 0 Å². The Kier molecular flexibility index (Phi) is 7.09. The quantitative estimate of drug-likeness (QED) is 0.282. The van der Waals surface area contributed by atoms with Crippen molar-refractivity contribution < 1.29 is 0 Å². The van der Waals surface area contributed by atoms with Crippen LogP contribution in [0.4, 0.5) is 10.3 Å². The van der Waals surface area contributed by atoms with Crippen molar-refractivity contribution in [3.63, 3.8) is 0 Å². The Balaban J connectivity index is 1.27. The summed E-state index contributed by atoms with van der Waals surface area (Å²) in [5.41, 5.74) is 3.42. The lowest BCUT2D eigenvalue weighted by Crippen LogP contribution is -1.97. The molecule has 3 aromatic heterocycles. The Morgan fingerprint density at radius 3 is 2.43 bits per heavy atom. The zero-order chi connectivity index (χ0) is 20.8. The summed E-state index contributed by atoms with van der Waals surface area (Å²) in [7, 11) is 0. The number of hydrogen-bond acceptors (Lipinski definition) is 8. The molecule has 0 amide bonds. The molecule has 0 saturated heterocycles. The first-order valence-corrected chi connectivity index (χ1v) is 12.6. The Labute approximate surface area is 189 Å². The minimum Gasteiger partial charge on any atom is -0.357 e. The fourth-order valence-electron chi connectivity index (χ4n) is 2.88. The zero-order valence-corrected chi connectivity index (χ0v) is 19.6. The third-order valence-electron chi connectivity index (χ3n) is 4.58. The van der Waals surface area contributed by atoms with Crippen molar-refractivity contribution in [2.75, 3.05) is 10.6 Å². The van der Waals surface area contributed by atoms with Crippen LogP contribution in [0, 0.1) is 6.92 Å². The van der Waals surface area contributed by atoms with Crippen LogP contribution in [0.2, 0.25) is 0 Å². The third-order valence-corrected chi connectivity index (χ3v) is 7.39. The molecule has 1 aromatic carbocycles. The maximum Gasteiger partial charge on any atom is 0.183 e. The molecule has 0 radical (unpaired) electrons.